The van der Waals surface area contributed by atoms with Gasteiger partial charge in [0, 0.05) is 11.1 Å². The third-order valence-corrected chi connectivity index (χ3v) is 3.82. The summed E-state index contributed by atoms with van der Waals surface area (Å²) >= 11 is 0. The van der Waals surface area contributed by atoms with Gasteiger partial charge < -0.3 is 25.5 Å². The molecule has 6 heteroatoms. The third kappa shape index (κ3) is 8.04. The highest BCUT2D eigenvalue weighted by molar-refractivity contribution is 5.78. The van der Waals surface area contributed by atoms with Crippen molar-refractivity contribution in [1.29, 1.82) is 0 Å². The molecule has 0 fully saturated rings. The Kier molecular flexibility index (Phi) is 9.95. The molecule has 0 unspecified atom stereocenters. The van der Waals surface area contributed by atoms with Crippen LogP contribution in [0.1, 0.15) is 32.6 Å². The van der Waals surface area contributed by atoms with Crippen LogP contribution in [0.4, 0.5) is 0 Å². The Balaban J connectivity index is 0.000000223. The Morgan fingerprint density at radius 3 is 1.72 bits per heavy atom. The maximum atomic E-state index is 10.1. The van der Waals surface area contributed by atoms with Gasteiger partial charge in [-0.2, -0.15) is 0 Å². The standard InChI is InChI=1S/C9H12O3.C7H6O2.C7H8O/c1-6-2-7(4-10)9(12)8(3-6)5-11;8-5-6-3-1-2-4-7(6)9;1-6-3-2-4-7(8)5-6/h2-3,10-12H,4-5H2,1H3;1-5,9H;2-5,8H,1H3. The van der Waals surface area contributed by atoms with Gasteiger partial charge in [0.1, 0.15) is 17.2 Å². The number of benzene rings is 3. The first-order chi connectivity index (χ1) is 13.8. The molecule has 0 atom stereocenters. The Labute approximate surface area is 170 Å². The molecular formula is C23H26O6. The van der Waals surface area contributed by atoms with E-state index >= 15 is 0 Å². The molecule has 0 saturated heterocycles. The molecule has 3 aromatic carbocycles. The van der Waals surface area contributed by atoms with Crippen molar-refractivity contribution in [3.05, 3.63) is 88.5 Å². The average Bonchev–Trinajstić information content (AvgIpc) is 2.70. The lowest BCUT2D eigenvalue weighted by atomic mass is 10.1. The predicted molar refractivity (Wildman–Crippen MR) is 111 cm³/mol. The Bertz CT molecular complexity index is 878. The van der Waals surface area contributed by atoms with Gasteiger partial charge in [-0.15, -0.1) is 0 Å². The van der Waals surface area contributed by atoms with Crippen LogP contribution in [0, 0.1) is 13.8 Å². The summed E-state index contributed by atoms with van der Waals surface area (Å²) in [5.41, 5.74) is 3.25. The van der Waals surface area contributed by atoms with Crippen LogP contribution < -0.4 is 0 Å². The average molecular weight is 398 g/mol. The molecule has 0 spiro atoms. The molecule has 154 valence electrons. The van der Waals surface area contributed by atoms with E-state index in [9.17, 15) is 9.90 Å². The minimum atomic E-state index is -0.208. The number of aliphatic hydroxyl groups is 2. The van der Waals surface area contributed by atoms with Crippen LogP contribution in [-0.2, 0) is 13.2 Å². The molecule has 3 aromatic rings. The lowest BCUT2D eigenvalue weighted by Gasteiger charge is -2.07. The molecule has 0 aliphatic rings. The number of rotatable bonds is 3. The number of hydrogen-bond donors (Lipinski definition) is 5. The lowest BCUT2D eigenvalue weighted by molar-refractivity contribution is 0.112. The summed E-state index contributed by atoms with van der Waals surface area (Å²) in [6.45, 7) is 3.37. The first-order valence-electron chi connectivity index (χ1n) is 8.84. The minimum absolute atomic E-state index is 0.00870. The van der Waals surface area contributed by atoms with E-state index < -0.39 is 0 Å². The number of para-hydroxylation sites is 1. The van der Waals surface area contributed by atoms with Crippen LogP contribution in [-0.4, -0.2) is 31.8 Å². The van der Waals surface area contributed by atoms with E-state index in [4.69, 9.17) is 20.4 Å². The van der Waals surface area contributed by atoms with E-state index in [2.05, 4.69) is 0 Å². The van der Waals surface area contributed by atoms with Gasteiger partial charge in [0.05, 0.1) is 18.8 Å². The van der Waals surface area contributed by atoms with Gasteiger partial charge in [0.25, 0.3) is 0 Å². The zero-order valence-corrected chi connectivity index (χ0v) is 16.4. The summed E-state index contributed by atoms with van der Waals surface area (Å²) in [5, 5.41) is 44.7. The smallest absolute Gasteiger partial charge is 0.153 e. The summed E-state index contributed by atoms with van der Waals surface area (Å²) in [4.78, 5) is 10.1. The van der Waals surface area contributed by atoms with Gasteiger partial charge in [-0.05, 0) is 43.7 Å². The molecule has 5 N–H and O–H groups in total. The highest BCUT2D eigenvalue weighted by Gasteiger charge is 2.06. The van der Waals surface area contributed by atoms with Gasteiger partial charge in [-0.25, -0.2) is 0 Å². The Morgan fingerprint density at radius 1 is 0.759 bits per heavy atom. The molecule has 0 heterocycles. The number of aldehydes is 1. The number of carbonyl (C=O) groups excluding carboxylic acids is 1. The molecule has 0 amide bonds. The fourth-order valence-electron chi connectivity index (χ4n) is 2.39. The van der Waals surface area contributed by atoms with Gasteiger partial charge in [-0.1, -0.05) is 42.0 Å². The van der Waals surface area contributed by atoms with Crippen LogP contribution in [0.5, 0.6) is 17.2 Å². The molecule has 0 saturated carbocycles. The summed E-state index contributed by atoms with van der Waals surface area (Å²) in [6.07, 6.45) is 0.620. The van der Waals surface area contributed by atoms with Crippen molar-refractivity contribution in [2.24, 2.45) is 0 Å². The largest absolute Gasteiger partial charge is 0.508 e. The predicted octanol–water partition coefficient (Wildman–Crippen LogP) is 3.59. The second-order valence-corrected chi connectivity index (χ2v) is 6.26. The number of hydrogen-bond acceptors (Lipinski definition) is 6. The van der Waals surface area contributed by atoms with Crippen LogP contribution in [0.3, 0.4) is 0 Å². The Morgan fingerprint density at radius 2 is 1.34 bits per heavy atom. The maximum Gasteiger partial charge on any atom is 0.153 e. The molecular weight excluding hydrogens is 372 g/mol. The van der Waals surface area contributed by atoms with Crippen molar-refractivity contribution < 1.29 is 30.3 Å². The fraction of sp³-hybridized carbons (Fsp3) is 0.174. The molecule has 29 heavy (non-hydrogen) atoms. The van der Waals surface area contributed by atoms with Gasteiger partial charge in [0.2, 0.25) is 0 Å². The van der Waals surface area contributed by atoms with E-state index in [1.54, 1.807) is 42.5 Å². The van der Waals surface area contributed by atoms with Gasteiger partial charge >= 0.3 is 0 Å². The number of aliphatic hydroxyl groups excluding tert-OH is 2. The van der Waals surface area contributed by atoms with Crippen LogP contribution in [0.15, 0.2) is 60.7 Å². The van der Waals surface area contributed by atoms with Crippen molar-refractivity contribution in [3.8, 4) is 17.2 Å². The summed E-state index contributed by atoms with van der Waals surface area (Å²) < 4.78 is 0. The molecule has 0 aromatic heterocycles. The Hall–Kier alpha value is -3.35. The second-order valence-electron chi connectivity index (χ2n) is 6.26. The molecule has 0 radical (unpaired) electrons. The fourth-order valence-corrected chi connectivity index (χ4v) is 2.39. The van der Waals surface area contributed by atoms with Crippen LogP contribution in [0.25, 0.3) is 0 Å². The van der Waals surface area contributed by atoms with Gasteiger partial charge in [-0.3, -0.25) is 4.79 Å². The quantitative estimate of drug-likeness (QED) is 0.430. The monoisotopic (exact) mass is 398 g/mol. The molecule has 0 bridgehead atoms. The van der Waals surface area contributed by atoms with Gasteiger partial charge in [0.15, 0.2) is 6.29 Å². The van der Waals surface area contributed by atoms with Crippen molar-refractivity contribution in [2.75, 3.05) is 0 Å². The number of phenolic OH excluding ortho intramolecular Hbond substituents is 2. The number of aryl methyl sites for hydroxylation is 2. The molecule has 0 aliphatic carbocycles. The number of carbonyl (C=O) groups is 1. The summed E-state index contributed by atoms with van der Waals surface area (Å²) in [7, 11) is 0. The van der Waals surface area contributed by atoms with E-state index in [1.807, 2.05) is 26.0 Å². The van der Waals surface area contributed by atoms with Crippen molar-refractivity contribution in [2.45, 2.75) is 27.1 Å². The first kappa shape index (κ1) is 23.7. The third-order valence-electron chi connectivity index (χ3n) is 3.82. The van der Waals surface area contributed by atoms with E-state index in [1.165, 1.54) is 6.07 Å². The van der Waals surface area contributed by atoms with E-state index in [0.29, 0.717) is 28.7 Å². The summed E-state index contributed by atoms with van der Waals surface area (Å²) in [5.74, 6) is 0.364. The lowest BCUT2D eigenvalue weighted by Crippen LogP contribution is -1.92. The zero-order chi connectivity index (χ0) is 21.8. The van der Waals surface area contributed by atoms with Crippen LogP contribution >= 0.6 is 0 Å². The first-order valence-corrected chi connectivity index (χ1v) is 8.84. The zero-order valence-electron chi connectivity index (χ0n) is 16.4. The van der Waals surface area contributed by atoms with E-state index in [-0.39, 0.29) is 24.7 Å². The normalized spacial score (nSPS) is 9.52. The molecule has 6 nitrogen and oxygen atoms in total. The van der Waals surface area contributed by atoms with Crippen molar-refractivity contribution >= 4 is 6.29 Å². The maximum absolute atomic E-state index is 10.1. The summed E-state index contributed by atoms with van der Waals surface area (Å²) in [6, 6.07) is 16.9. The topological polar surface area (TPSA) is 118 Å². The van der Waals surface area contributed by atoms with Crippen molar-refractivity contribution in [1.82, 2.24) is 0 Å². The second kappa shape index (κ2) is 12.2. The SMILES string of the molecule is Cc1cc(CO)c(O)c(CO)c1.Cc1cccc(O)c1.O=Cc1ccccc1O. The van der Waals surface area contributed by atoms with Crippen molar-refractivity contribution in [3.63, 3.8) is 0 Å². The van der Waals surface area contributed by atoms with E-state index in [0.717, 1.165) is 11.1 Å². The highest BCUT2D eigenvalue weighted by atomic mass is 16.3. The molecule has 3 rings (SSSR count). The molecule has 0 aliphatic heterocycles. The number of phenols is 3. The number of aromatic hydroxyl groups is 3. The highest BCUT2D eigenvalue weighted by Crippen LogP contribution is 2.24. The van der Waals surface area contributed by atoms with Crippen LogP contribution in [0.2, 0.25) is 0 Å². The minimum Gasteiger partial charge on any atom is -0.508 e.